The Morgan fingerprint density at radius 2 is 1.88 bits per heavy atom. The van der Waals surface area contributed by atoms with E-state index < -0.39 is 0 Å². The molecule has 5 nitrogen and oxygen atoms in total. The number of anilines is 1. The van der Waals surface area contributed by atoms with E-state index in [4.69, 9.17) is 0 Å². The fourth-order valence-electron chi connectivity index (χ4n) is 4.01. The SMILES string of the molecule is Cc1cc(C)c2cc(C(=O)N3CCn4c3nc3ccccc34)[nH]c2c1C. The smallest absolute Gasteiger partial charge is 0.277 e. The van der Waals surface area contributed by atoms with E-state index in [-0.39, 0.29) is 5.91 Å². The van der Waals surface area contributed by atoms with Crippen molar-refractivity contribution in [3.8, 4) is 0 Å². The normalized spacial score (nSPS) is 13.7. The summed E-state index contributed by atoms with van der Waals surface area (Å²) in [5.74, 6) is 0.714. The number of para-hydroxylation sites is 2. The molecular formula is C21H20N4O. The Balaban J connectivity index is 1.61. The van der Waals surface area contributed by atoms with Gasteiger partial charge in [0.05, 0.1) is 11.0 Å². The second kappa shape index (κ2) is 5.21. The number of hydrogen-bond acceptors (Lipinski definition) is 2. The summed E-state index contributed by atoms with van der Waals surface area (Å²) >= 11 is 0. The number of imidazole rings is 1. The van der Waals surface area contributed by atoms with E-state index in [9.17, 15) is 4.79 Å². The fraction of sp³-hybridized carbons (Fsp3) is 0.238. The van der Waals surface area contributed by atoms with Crippen LogP contribution in [0.5, 0.6) is 0 Å². The number of H-pyrrole nitrogens is 1. The van der Waals surface area contributed by atoms with Crippen molar-refractivity contribution in [3.05, 3.63) is 58.8 Å². The van der Waals surface area contributed by atoms with Crippen molar-refractivity contribution in [2.45, 2.75) is 27.3 Å². The van der Waals surface area contributed by atoms with Crippen LogP contribution in [0.2, 0.25) is 0 Å². The zero-order valence-corrected chi connectivity index (χ0v) is 15.1. The van der Waals surface area contributed by atoms with Crippen LogP contribution in [0.3, 0.4) is 0 Å². The molecule has 2 aromatic heterocycles. The highest BCUT2D eigenvalue weighted by Gasteiger charge is 2.30. The lowest BCUT2D eigenvalue weighted by Crippen LogP contribution is -2.29. The van der Waals surface area contributed by atoms with Gasteiger partial charge in [-0.05, 0) is 55.7 Å². The largest absolute Gasteiger partial charge is 0.350 e. The number of amides is 1. The molecule has 0 atom stereocenters. The van der Waals surface area contributed by atoms with Crippen LogP contribution in [-0.2, 0) is 6.54 Å². The van der Waals surface area contributed by atoms with Gasteiger partial charge in [0, 0.05) is 24.0 Å². The molecule has 0 saturated heterocycles. The number of carbonyl (C=O) groups excluding carboxylic acids is 1. The van der Waals surface area contributed by atoms with Gasteiger partial charge in [-0.25, -0.2) is 4.98 Å². The highest BCUT2D eigenvalue weighted by Crippen LogP contribution is 2.30. The van der Waals surface area contributed by atoms with Gasteiger partial charge >= 0.3 is 0 Å². The second-order valence-corrected chi connectivity index (χ2v) is 7.12. The van der Waals surface area contributed by atoms with Crippen molar-refractivity contribution < 1.29 is 4.79 Å². The average Bonchev–Trinajstić information content (AvgIpc) is 3.32. The number of nitrogens with one attached hydrogen (secondary N) is 1. The Labute approximate surface area is 151 Å². The van der Waals surface area contributed by atoms with Crippen LogP contribution in [0.1, 0.15) is 27.2 Å². The first kappa shape index (κ1) is 15.2. The molecule has 0 fully saturated rings. The molecule has 1 aliphatic heterocycles. The summed E-state index contributed by atoms with van der Waals surface area (Å²) in [4.78, 5) is 23.0. The van der Waals surface area contributed by atoms with Crippen LogP contribution in [-0.4, -0.2) is 27.0 Å². The van der Waals surface area contributed by atoms with Crippen molar-refractivity contribution in [1.82, 2.24) is 14.5 Å². The molecule has 1 aliphatic rings. The molecule has 0 saturated carbocycles. The summed E-state index contributed by atoms with van der Waals surface area (Å²) < 4.78 is 2.12. The standard InChI is InChI=1S/C21H20N4O/c1-12-10-13(2)15-11-17(22-19(15)14(12)3)20(26)25-9-8-24-18-7-5-4-6-16(18)23-21(24)25/h4-7,10-11,22H,8-9H2,1-3H3. The van der Waals surface area contributed by atoms with Gasteiger partial charge in [0.1, 0.15) is 5.69 Å². The highest BCUT2D eigenvalue weighted by molar-refractivity contribution is 6.08. The maximum absolute atomic E-state index is 13.2. The van der Waals surface area contributed by atoms with Gasteiger partial charge in [0.25, 0.3) is 5.91 Å². The predicted octanol–water partition coefficient (Wildman–Crippen LogP) is 4.10. The van der Waals surface area contributed by atoms with Crippen molar-refractivity contribution >= 4 is 33.8 Å². The monoisotopic (exact) mass is 344 g/mol. The van der Waals surface area contributed by atoms with Crippen LogP contribution in [0.4, 0.5) is 5.95 Å². The molecule has 4 aromatic rings. The Morgan fingerprint density at radius 3 is 2.73 bits per heavy atom. The Hall–Kier alpha value is -3.08. The Kier molecular flexibility index (Phi) is 3.04. The topological polar surface area (TPSA) is 53.9 Å². The summed E-state index contributed by atoms with van der Waals surface area (Å²) in [6.07, 6.45) is 0. The number of aryl methyl sites for hydroxylation is 3. The first-order chi connectivity index (χ1) is 12.5. The highest BCUT2D eigenvalue weighted by atomic mass is 16.2. The molecule has 3 heterocycles. The average molecular weight is 344 g/mol. The van der Waals surface area contributed by atoms with Crippen LogP contribution in [0.25, 0.3) is 21.9 Å². The van der Waals surface area contributed by atoms with Crippen LogP contribution in [0, 0.1) is 20.8 Å². The zero-order valence-electron chi connectivity index (χ0n) is 15.1. The minimum Gasteiger partial charge on any atom is -0.350 e. The third-order valence-electron chi connectivity index (χ3n) is 5.54. The van der Waals surface area contributed by atoms with Gasteiger partial charge in [-0.2, -0.15) is 0 Å². The number of benzene rings is 2. The number of aromatic amines is 1. The number of nitrogens with zero attached hydrogens (tertiary/aromatic N) is 3. The van der Waals surface area contributed by atoms with Gasteiger partial charge in [0.2, 0.25) is 5.95 Å². The minimum atomic E-state index is -0.0216. The molecule has 1 amide bonds. The van der Waals surface area contributed by atoms with Crippen LogP contribution >= 0.6 is 0 Å². The Bertz CT molecular complexity index is 1200. The fourth-order valence-corrected chi connectivity index (χ4v) is 4.01. The second-order valence-electron chi connectivity index (χ2n) is 7.12. The Morgan fingerprint density at radius 1 is 1.08 bits per heavy atom. The number of rotatable bonds is 1. The van der Waals surface area contributed by atoms with Crippen molar-refractivity contribution in [3.63, 3.8) is 0 Å². The van der Waals surface area contributed by atoms with Gasteiger partial charge in [-0.15, -0.1) is 0 Å². The molecule has 0 bridgehead atoms. The van der Waals surface area contributed by atoms with E-state index in [2.05, 4.69) is 47.4 Å². The predicted molar refractivity (Wildman–Crippen MR) is 104 cm³/mol. The van der Waals surface area contributed by atoms with E-state index in [0.717, 1.165) is 34.4 Å². The third kappa shape index (κ3) is 1.97. The molecule has 0 spiro atoms. The van der Waals surface area contributed by atoms with Crippen molar-refractivity contribution in [2.24, 2.45) is 0 Å². The third-order valence-corrected chi connectivity index (χ3v) is 5.54. The summed E-state index contributed by atoms with van der Waals surface area (Å²) in [5, 5.41) is 1.11. The summed E-state index contributed by atoms with van der Waals surface area (Å²) in [7, 11) is 0. The molecule has 5 heteroatoms. The van der Waals surface area contributed by atoms with Gasteiger partial charge in [0.15, 0.2) is 0 Å². The number of fused-ring (bicyclic) bond motifs is 4. The molecule has 2 aromatic carbocycles. The number of hydrogen-bond donors (Lipinski definition) is 1. The lowest BCUT2D eigenvalue weighted by Gasteiger charge is -2.12. The molecule has 0 unspecified atom stereocenters. The van der Waals surface area contributed by atoms with Crippen molar-refractivity contribution in [1.29, 1.82) is 0 Å². The minimum absolute atomic E-state index is 0.0216. The van der Waals surface area contributed by atoms with E-state index in [1.165, 1.54) is 16.7 Å². The van der Waals surface area contributed by atoms with E-state index in [0.29, 0.717) is 12.2 Å². The number of aromatic nitrogens is 3. The number of carbonyl (C=O) groups is 1. The van der Waals surface area contributed by atoms with Gasteiger partial charge in [-0.3, -0.25) is 9.69 Å². The van der Waals surface area contributed by atoms with Crippen LogP contribution < -0.4 is 4.90 Å². The summed E-state index contributed by atoms with van der Waals surface area (Å²) in [6, 6.07) is 12.2. The first-order valence-corrected chi connectivity index (χ1v) is 8.91. The molecule has 130 valence electrons. The molecule has 5 rings (SSSR count). The maximum atomic E-state index is 13.2. The molecular weight excluding hydrogens is 324 g/mol. The van der Waals surface area contributed by atoms with Crippen LogP contribution in [0.15, 0.2) is 36.4 Å². The summed E-state index contributed by atoms with van der Waals surface area (Å²) in [6.45, 7) is 7.72. The lowest BCUT2D eigenvalue weighted by atomic mass is 10.0. The first-order valence-electron chi connectivity index (χ1n) is 8.91. The van der Waals surface area contributed by atoms with E-state index in [1.807, 2.05) is 24.3 Å². The van der Waals surface area contributed by atoms with E-state index >= 15 is 0 Å². The maximum Gasteiger partial charge on any atom is 0.277 e. The molecule has 0 radical (unpaired) electrons. The van der Waals surface area contributed by atoms with Crippen molar-refractivity contribution in [2.75, 3.05) is 11.4 Å². The summed E-state index contributed by atoms with van der Waals surface area (Å²) in [5.41, 5.74) is 7.30. The van der Waals surface area contributed by atoms with E-state index in [1.54, 1.807) is 4.90 Å². The molecule has 1 N–H and O–H groups in total. The van der Waals surface area contributed by atoms with Gasteiger partial charge in [-0.1, -0.05) is 18.2 Å². The lowest BCUT2D eigenvalue weighted by molar-refractivity contribution is 0.0985. The molecule has 0 aliphatic carbocycles. The zero-order chi connectivity index (χ0) is 18.0. The molecule has 26 heavy (non-hydrogen) atoms. The van der Waals surface area contributed by atoms with Gasteiger partial charge < -0.3 is 9.55 Å². The quantitative estimate of drug-likeness (QED) is 0.565.